The minimum absolute atomic E-state index is 0.0697. The van der Waals surface area contributed by atoms with Crippen LogP contribution in [0.2, 0.25) is 0 Å². The smallest absolute Gasteiger partial charge is 0.243 e. The summed E-state index contributed by atoms with van der Waals surface area (Å²) in [5.74, 6) is -0.860. The Hall–Kier alpha value is -2.81. The van der Waals surface area contributed by atoms with Crippen molar-refractivity contribution in [1.82, 2.24) is 15.2 Å². The number of benzene rings is 1. The number of aromatic nitrogens is 1. The molecule has 8 nitrogen and oxygen atoms in total. The van der Waals surface area contributed by atoms with Crippen LogP contribution in [0.3, 0.4) is 0 Å². The minimum Gasteiger partial charge on any atom is -0.394 e. The third-order valence-corrected chi connectivity index (χ3v) is 6.00. The van der Waals surface area contributed by atoms with Crippen molar-refractivity contribution in [2.75, 3.05) is 13.2 Å². The summed E-state index contributed by atoms with van der Waals surface area (Å²) in [5, 5.41) is 22.8. The Morgan fingerprint density at radius 3 is 2.53 bits per heavy atom. The van der Waals surface area contributed by atoms with Crippen LogP contribution in [0.15, 0.2) is 42.6 Å². The van der Waals surface area contributed by atoms with Crippen LogP contribution in [0.1, 0.15) is 37.6 Å². The summed E-state index contributed by atoms with van der Waals surface area (Å²) in [6, 6.07) is 9.20. The molecule has 0 unspecified atom stereocenters. The second-order valence-electron chi connectivity index (χ2n) is 8.67. The van der Waals surface area contributed by atoms with Crippen LogP contribution in [-0.4, -0.2) is 63.3 Å². The Balaban J connectivity index is 1.73. The summed E-state index contributed by atoms with van der Waals surface area (Å²) in [7, 11) is 0. The van der Waals surface area contributed by atoms with E-state index in [0.29, 0.717) is 0 Å². The highest BCUT2D eigenvalue weighted by Gasteiger charge is 2.41. The standard InChI is InChI=1S/C24H32N4O4/c1-14(2)22(25)24(32)28-12-18(30)11-21(28)23(31)27-20(13-29)17-8-6-16(7-9-17)19-5-4-10-26-15(19)3/h4-10,14,18,20-22,29-30H,11-13,25H2,1-3H3,(H,27,31)/t18-,20+,21+,22+/m1/s1. The number of nitrogens with zero attached hydrogens (tertiary/aromatic N) is 2. The summed E-state index contributed by atoms with van der Waals surface area (Å²) in [6.45, 7) is 5.38. The molecule has 2 amide bonds. The number of carbonyl (C=O) groups excluding carboxylic acids is 2. The van der Waals surface area contributed by atoms with E-state index in [4.69, 9.17) is 5.73 Å². The number of hydrogen-bond acceptors (Lipinski definition) is 6. The second-order valence-corrected chi connectivity index (χ2v) is 8.67. The zero-order valence-electron chi connectivity index (χ0n) is 18.7. The van der Waals surface area contributed by atoms with Gasteiger partial charge in [0.2, 0.25) is 11.8 Å². The van der Waals surface area contributed by atoms with Crippen LogP contribution in [0.5, 0.6) is 0 Å². The molecule has 2 aromatic rings. The van der Waals surface area contributed by atoms with Gasteiger partial charge in [-0.15, -0.1) is 0 Å². The molecule has 1 fully saturated rings. The molecule has 5 N–H and O–H groups in total. The molecule has 1 aliphatic rings. The maximum absolute atomic E-state index is 13.0. The van der Waals surface area contributed by atoms with E-state index in [2.05, 4.69) is 10.3 Å². The predicted octanol–water partition coefficient (Wildman–Crippen LogP) is 1.15. The summed E-state index contributed by atoms with van der Waals surface area (Å²) >= 11 is 0. The van der Waals surface area contributed by atoms with Crippen molar-refractivity contribution in [3.05, 3.63) is 53.9 Å². The first-order chi connectivity index (χ1) is 15.2. The quantitative estimate of drug-likeness (QED) is 0.511. The van der Waals surface area contributed by atoms with Gasteiger partial charge < -0.3 is 26.2 Å². The van der Waals surface area contributed by atoms with Gasteiger partial charge in [0.15, 0.2) is 0 Å². The largest absolute Gasteiger partial charge is 0.394 e. The number of aryl methyl sites for hydroxylation is 1. The molecule has 1 aromatic carbocycles. The molecule has 1 aromatic heterocycles. The summed E-state index contributed by atoms with van der Waals surface area (Å²) < 4.78 is 0. The van der Waals surface area contributed by atoms with Gasteiger partial charge in [-0.1, -0.05) is 44.2 Å². The maximum Gasteiger partial charge on any atom is 0.243 e. The number of amides is 2. The van der Waals surface area contributed by atoms with Crippen molar-refractivity contribution in [3.63, 3.8) is 0 Å². The number of aliphatic hydroxyl groups excluding tert-OH is 2. The fourth-order valence-electron chi connectivity index (χ4n) is 3.97. The zero-order chi connectivity index (χ0) is 23.4. The number of β-amino-alcohol motifs (C(OH)–C–C–N with tert-alkyl or cyclic N) is 1. The number of aliphatic hydroxyl groups is 2. The molecule has 0 spiro atoms. The number of carbonyl (C=O) groups is 2. The van der Waals surface area contributed by atoms with Gasteiger partial charge in [0.05, 0.1) is 24.8 Å². The first kappa shape index (κ1) is 23.8. The Morgan fingerprint density at radius 2 is 1.94 bits per heavy atom. The van der Waals surface area contributed by atoms with Crippen molar-refractivity contribution in [2.24, 2.45) is 11.7 Å². The van der Waals surface area contributed by atoms with Crippen LogP contribution in [0, 0.1) is 12.8 Å². The number of rotatable bonds is 7. The van der Waals surface area contributed by atoms with Crippen molar-refractivity contribution in [2.45, 2.75) is 51.4 Å². The van der Waals surface area contributed by atoms with Gasteiger partial charge in [0.1, 0.15) is 6.04 Å². The average Bonchev–Trinajstić information content (AvgIpc) is 3.18. The summed E-state index contributed by atoms with van der Waals surface area (Å²) in [4.78, 5) is 31.4. The Kier molecular flexibility index (Phi) is 7.60. The predicted molar refractivity (Wildman–Crippen MR) is 121 cm³/mol. The zero-order valence-corrected chi connectivity index (χ0v) is 18.7. The topological polar surface area (TPSA) is 129 Å². The van der Waals surface area contributed by atoms with Gasteiger partial charge in [0, 0.05) is 30.4 Å². The van der Waals surface area contributed by atoms with E-state index >= 15 is 0 Å². The van der Waals surface area contributed by atoms with E-state index in [1.807, 2.05) is 57.2 Å². The van der Waals surface area contributed by atoms with E-state index in [-0.39, 0.29) is 31.4 Å². The molecule has 0 bridgehead atoms. The van der Waals surface area contributed by atoms with Crippen molar-refractivity contribution >= 4 is 11.8 Å². The molecule has 172 valence electrons. The molecule has 0 radical (unpaired) electrons. The van der Waals surface area contributed by atoms with Crippen LogP contribution in [0.25, 0.3) is 11.1 Å². The lowest BCUT2D eigenvalue weighted by Crippen LogP contribution is -2.53. The molecule has 1 saturated heterocycles. The number of likely N-dealkylation sites (tertiary alicyclic amines) is 1. The van der Waals surface area contributed by atoms with E-state index < -0.39 is 30.1 Å². The lowest BCUT2D eigenvalue weighted by atomic mass is 10.00. The minimum atomic E-state index is -0.825. The van der Waals surface area contributed by atoms with Gasteiger partial charge in [-0.2, -0.15) is 0 Å². The van der Waals surface area contributed by atoms with E-state index in [9.17, 15) is 19.8 Å². The summed E-state index contributed by atoms with van der Waals surface area (Å²) in [6.07, 6.45) is 1.09. The number of nitrogens with two attached hydrogens (primary N) is 1. The van der Waals surface area contributed by atoms with Gasteiger partial charge in [0.25, 0.3) is 0 Å². The number of hydrogen-bond donors (Lipinski definition) is 4. The molecular formula is C24H32N4O4. The molecule has 3 rings (SSSR count). The molecule has 32 heavy (non-hydrogen) atoms. The second kappa shape index (κ2) is 10.2. The fraction of sp³-hybridized carbons (Fsp3) is 0.458. The first-order valence-corrected chi connectivity index (χ1v) is 10.9. The average molecular weight is 441 g/mol. The highest BCUT2D eigenvalue weighted by Crippen LogP contribution is 2.25. The molecule has 1 aliphatic heterocycles. The third kappa shape index (κ3) is 5.15. The molecular weight excluding hydrogens is 408 g/mol. The molecule has 0 aliphatic carbocycles. The number of pyridine rings is 1. The molecule has 0 saturated carbocycles. The third-order valence-electron chi connectivity index (χ3n) is 6.00. The van der Waals surface area contributed by atoms with Crippen LogP contribution in [0.4, 0.5) is 0 Å². The Labute approximate surface area is 188 Å². The maximum atomic E-state index is 13.0. The lowest BCUT2D eigenvalue weighted by Gasteiger charge is -2.29. The SMILES string of the molecule is Cc1ncccc1-c1ccc([C@H](CO)NC(=O)[C@@H]2C[C@@H](O)CN2C(=O)[C@@H](N)C(C)C)cc1. The van der Waals surface area contributed by atoms with Crippen molar-refractivity contribution in [1.29, 1.82) is 0 Å². The van der Waals surface area contributed by atoms with E-state index in [1.54, 1.807) is 6.20 Å². The number of nitrogens with one attached hydrogen (secondary N) is 1. The Bertz CT molecular complexity index is 947. The van der Waals surface area contributed by atoms with Crippen molar-refractivity contribution < 1.29 is 19.8 Å². The van der Waals surface area contributed by atoms with Crippen LogP contribution >= 0.6 is 0 Å². The molecule has 8 heteroatoms. The van der Waals surface area contributed by atoms with Gasteiger partial charge >= 0.3 is 0 Å². The van der Waals surface area contributed by atoms with Crippen LogP contribution in [-0.2, 0) is 9.59 Å². The van der Waals surface area contributed by atoms with E-state index in [1.165, 1.54) is 4.90 Å². The monoisotopic (exact) mass is 440 g/mol. The lowest BCUT2D eigenvalue weighted by molar-refractivity contribution is -0.140. The fourth-order valence-corrected chi connectivity index (χ4v) is 3.97. The highest BCUT2D eigenvalue weighted by atomic mass is 16.3. The molecule has 4 atom stereocenters. The first-order valence-electron chi connectivity index (χ1n) is 10.9. The normalized spacial score (nSPS) is 20.3. The molecule has 2 heterocycles. The van der Waals surface area contributed by atoms with Crippen molar-refractivity contribution in [3.8, 4) is 11.1 Å². The van der Waals surface area contributed by atoms with Gasteiger partial charge in [-0.05, 0) is 30.0 Å². The Morgan fingerprint density at radius 1 is 1.25 bits per heavy atom. The summed E-state index contributed by atoms with van der Waals surface area (Å²) in [5.41, 5.74) is 9.64. The van der Waals surface area contributed by atoms with Gasteiger partial charge in [-0.25, -0.2) is 0 Å². The van der Waals surface area contributed by atoms with Crippen LogP contribution < -0.4 is 11.1 Å². The highest BCUT2D eigenvalue weighted by molar-refractivity contribution is 5.90. The van der Waals surface area contributed by atoms with E-state index in [0.717, 1.165) is 22.4 Å². The van der Waals surface area contributed by atoms with Gasteiger partial charge in [-0.3, -0.25) is 14.6 Å².